The lowest BCUT2D eigenvalue weighted by atomic mass is 10.1. The summed E-state index contributed by atoms with van der Waals surface area (Å²) >= 11 is 0. The summed E-state index contributed by atoms with van der Waals surface area (Å²) in [7, 11) is 0. The Balaban J connectivity index is 2.01. The standard InChI is InChI=1S/C16H17FN2O2/c1-2-21-15-7-6-13(10-14(15)17)19-16(20)9-11-4-3-5-12(18)8-11/h3-8,10H,2,9,18H2,1H3,(H,19,20). The molecule has 5 heteroatoms. The molecule has 0 bridgehead atoms. The zero-order valence-electron chi connectivity index (χ0n) is 11.7. The van der Waals surface area contributed by atoms with Crippen LogP contribution in [0.3, 0.4) is 0 Å². The average molecular weight is 288 g/mol. The second kappa shape index (κ2) is 6.74. The van der Waals surface area contributed by atoms with Crippen molar-refractivity contribution in [1.82, 2.24) is 0 Å². The highest BCUT2D eigenvalue weighted by atomic mass is 19.1. The fraction of sp³-hybridized carbons (Fsp3) is 0.188. The number of amides is 1. The Morgan fingerprint density at radius 2 is 2.10 bits per heavy atom. The number of halogens is 1. The minimum absolute atomic E-state index is 0.173. The fourth-order valence-electron chi connectivity index (χ4n) is 1.94. The second-order valence-electron chi connectivity index (χ2n) is 4.55. The van der Waals surface area contributed by atoms with Crippen LogP contribution < -0.4 is 15.8 Å². The van der Waals surface area contributed by atoms with Crippen LogP contribution in [0.4, 0.5) is 15.8 Å². The molecule has 1 amide bonds. The number of rotatable bonds is 5. The highest BCUT2D eigenvalue weighted by Gasteiger charge is 2.08. The Morgan fingerprint density at radius 1 is 1.29 bits per heavy atom. The number of benzene rings is 2. The van der Waals surface area contributed by atoms with Gasteiger partial charge in [-0.25, -0.2) is 4.39 Å². The summed E-state index contributed by atoms with van der Waals surface area (Å²) < 4.78 is 18.8. The third-order valence-corrected chi connectivity index (χ3v) is 2.83. The first-order valence-corrected chi connectivity index (χ1v) is 6.65. The van der Waals surface area contributed by atoms with Crippen LogP contribution in [0.1, 0.15) is 12.5 Å². The summed E-state index contributed by atoms with van der Waals surface area (Å²) in [5.41, 5.74) is 7.46. The van der Waals surface area contributed by atoms with Crippen molar-refractivity contribution in [2.24, 2.45) is 0 Å². The van der Waals surface area contributed by atoms with E-state index in [2.05, 4.69) is 5.32 Å². The van der Waals surface area contributed by atoms with Crippen LogP contribution in [0.2, 0.25) is 0 Å². The molecule has 3 N–H and O–H groups in total. The number of nitrogens with two attached hydrogens (primary N) is 1. The molecule has 4 nitrogen and oxygen atoms in total. The monoisotopic (exact) mass is 288 g/mol. The van der Waals surface area contributed by atoms with Crippen LogP contribution in [-0.2, 0) is 11.2 Å². The molecule has 0 aliphatic rings. The number of nitrogen functional groups attached to an aromatic ring is 1. The van der Waals surface area contributed by atoms with Crippen LogP contribution in [0, 0.1) is 5.82 Å². The molecule has 0 radical (unpaired) electrons. The molecule has 0 aliphatic heterocycles. The smallest absolute Gasteiger partial charge is 0.228 e. The number of anilines is 2. The number of carbonyl (C=O) groups is 1. The number of hydrogen-bond acceptors (Lipinski definition) is 3. The second-order valence-corrected chi connectivity index (χ2v) is 4.55. The maximum atomic E-state index is 13.7. The normalized spacial score (nSPS) is 10.2. The van der Waals surface area contributed by atoms with Crippen LogP contribution in [0.25, 0.3) is 0 Å². The molecule has 2 aromatic carbocycles. The predicted molar refractivity (Wildman–Crippen MR) is 80.8 cm³/mol. The average Bonchev–Trinajstić information content (AvgIpc) is 2.42. The first kappa shape index (κ1) is 14.8. The van der Waals surface area contributed by atoms with Gasteiger partial charge >= 0.3 is 0 Å². The van der Waals surface area contributed by atoms with Gasteiger partial charge in [0.1, 0.15) is 0 Å². The first-order valence-electron chi connectivity index (χ1n) is 6.65. The molecule has 2 aromatic rings. The summed E-state index contributed by atoms with van der Waals surface area (Å²) in [6, 6.07) is 11.4. The molecule has 0 saturated carbocycles. The number of carbonyl (C=O) groups excluding carboxylic acids is 1. The Labute approximate surface area is 122 Å². The van der Waals surface area contributed by atoms with Gasteiger partial charge in [0.15, 0.2) is 11.6 Å². The van der Waals surface area contributed by atoms with E-state index in [9.17, 15) is 9.18 Å². The van der Waals surface area contributed by atoms with E-state index in [1.807, 2.05) is 6.07 Å². The topological polar surface area (TPSA) is 64.3 Å². The lowest BCUT2D eigenvalue weighted by molar-refractivity contribution is -0.115. The van der Waals surface area contributed by atoms with Crippen molar-refractivity contribution < 1.29 is 13.9 Å². The van der Waals surface area contributed by atoms with Crippen LogP contribution >= 0.6 is 0 Å². The van der Waals surface area contributed by atoms with E-state index in [4.69, 9.17) is 10.5 Å². The van der Waals surface area contributed by atoms with Crippen molar-refractivity contribution in [3.8, 4) is 5.75 Å². The Hall–Kier alpha value is -2.56. The molecule has 0 fully saturated rings. The lowest BCUT2D eigenvalue weighted by Gasteiger charge is -2.08. The summed E-state index contributed by atoms with van der Waals surface area (Å²) in [6.07, 6.45) is 0.180. The lowest BCUT2D eigenvalue weighted by Crippen LogP contribution is -2.14. The van der Waals surface area contributed by atoms with Gasteiger partial charge in [-0.15, -0.1) is 0 Å². The van der Waals surface area contributed by atoms with Gasteiger partial charge < -0.3 is 15.8 Å². The van der Waals surface area contributed by atoms with Gasteiger partial charge in [0, 0.05) is 17.4 Å². The molecule has 0 unspecified atom stereocenters. The minimum atomic E-state index is -0.501. The fourth-order valence-corrected chi connectivity index (χ4v) is 1.94. The van der Waals surface area contributed by atoms with Gasteiger partial charge in [-0.1, -0.05) is 12.1 Å². The summed E-state index contributed by atoms with van der Waals surface area (Å²) in [5.74, 6) is -0.561. The van der Waals surface area contributed by atoms with E-state index in [1.165, 1.54) is 12.1 Å². The molecule has 0 spiro atoms. The SMILES string of the molecule is CCOc1ccc(NC(=O)Cc2cccc(N)c2)cc1F. The maximum Gasteiger partial charge on any atom is 0.228 e. The van der Waals surface area contributed by atoms with Gasteiger partial charge in [0.25, 0.3) is 0 Å². The van der Waals surface area contributed by atoms with Gasteiger partial charge in [-0.05, 0) is 36.8 Å². The molecule has 0 saturated heterocycles. The van der Waals surface area contributed by atoms with E-state index in [-0.39, 0.29) is 18.1 Å². The van der Waals surface area contributed by atoms with Gasteiger partial charge in [-0.3, -0.25) is 4.79 Å². The van der Waals surface area contributed by atoms with Crippen molar-refractivity contribution in [2.75, 3.05) is 17.7 Å². The van der Waals surface area contributed by atoms with E-state index in [0.717, 1.165) is 5.56 Å². The Morgan fingerprint density at radius 3 is 2.76 bits per heavy atom. The highest BCUT2D eigenvalue weighted by molar-refractivity contribution is 5.92. The van der Waals surface area contributed by atoms with E-state index in [0.29, 0.717) is 18.0 Å². The quantitative estimate of drug-likeness (QED) is 0.831. The van der Waals surface area contributed by atoms with E-state index >= 15 is 0 Å². The number of nitrogens with one attached hydrogen (secondary N) is 1. The van der Waals surface area contributed by atoms with E-state index in [1.54, 1.807) is 31.2 Å². The van der Waals surface area contributed by atoms with Crippen molar-refractivity contribution >= 4 is 17.3 Å². The van der Waals surface area contributed by atoms with Crippen molar-refractivity contribution in [1.29, 1.82) is 0 Å². The molecular weight excluding hydrogens is 271 g/mol. The molecule has 0 heterocycles. The zero-order valence-corrected chi connectivity index (χ0v) is 11.7. The third-order valence-electron chi connectivity index (χ3n) is 2.83. The summed E-state index contributed by atoms with van der Waals surface area (Å²) in [4.78, 5) is 11.9. The Bertz CT molecular complexity index is 644. The van der Waals surface area contributed by atoms with Crippen LogP contribution in [-0.4, -0.2) is 12.5 Å². The van der Waals surface area contributed by atoms with E-state index < -0.39 is 5.82 Å². The Kier molecular flexibility index (Phi) is 4.77. The van der Waals surface area contributed by atoms with Crippen molar-refractivity contribution in [3.05, 3.63) is 53.8 Å². The van der Waals surface area contributed by atoms with Gasteiger partial charge in [0.05, 0.1) is 13.0 Å². The largest absolute Gasteiger partial charge is 0.491 e. The maximum absolute atomic E-state index is 13.7. The predicted octanol–water partition coefficient (Wildman–Crippen LogP) is 2.99. The molecule has 0 aromatic heterocycles. The zero-order chi connectivity index (χ0) is 15.2. The van der Waals surface area contributed by atoms with Gasteiger partial charge in [0.2, 0.25) is 5.91 Å². The summed E-state index contributed by atoms with van der Waals surface area (Å²) in [5, 5.41) is 2.64. The molecule has 0 atom stereocenters. The summed E-state index contributed by atoms with van der Waals surface area (Å²) in [6.45, 7) is 2.17. The number of ether oxygens (including phenoxy) is 1. The van der Waals surface area contributed by atoms with Crippen LogP contribution in [0.15, 0.2) is 42.5 Å². The molecule has 0 aliphatic carbocycles. The van der Waals surface area contributed by atoms with Crippen molar-refractivity contribution in [2.45, 2.75) is 13.3 Å². The highest BCUT2D eigenvalue weighted by Crippen LogP contribution is 2.21. The third kappa shape index (κ3) is 4.21. The molecule has 110 valence electrons. The molecular formula is C16H17FN2O2. The molecule has 21 heavy (non-hydrogen) atoms. The first-order chi connectivity index (χ1) is 10.1. The molecule has 2 rings (SSSR count). The minimum Gasteiger partial charge on any atom is -0.491 e. The van der Waals surface area contributed by atoms with Gasteiger partial charge in [-0.2, -0.15) is 0 Å². The number of hydrogen-bond donors (Lipinski definition) is 2. The van der Waals surface area contributed by atoms with Crippen LogP contribution in [0.5, 0.6) is 5.75 Å². The van der Waals surface area contributed by atoms with Crippen molar-refractivity contribution in [3.63, 3.8) is 0 Å².